The summed E-state index contributed by atoms with van der Waals surface area (Å²) in [6, 6.07) is 11.1. The standard InChI is InChI=1S/C14H9ClFNO/c1-18-12-2-3-14(16)13(7-12)10-4-9(8-17)5-11(15)6-10/h2-7H,1H3. The van der Waals surface area contributed by atoms with Crippen LogP contribution in [0.2, 0.25) is 5.02 Å². The zero-order valence-corrected chi connectivity index (χ0v) is 10.3. The monoisotopic (exact) mass is 261 g/mol. The van der Waals surface area contributed by atoms with E-state index in [1.165, 1.54) is 25.3 Å². The van der Waals surface area contributed by atoms with Crippen LogP contribution in [0.1, 0.15) is 5.56 Å². The maximum Gasteiger partial charge on any atom is 0.131 e. The van der Waals surface area contributed by atoms with Gasteiger partial charge in [0.2, 0.25) is 0 Å². The van der Waals surface area contributed by atoms with Crippen LogP contribution in [0.25, 0.3) is 11.1 Å². The molecule has 2 aromatic rings. The van der Waals surface area contributed by atoms with Gasteiger partial charge in [-0.25, -0.2) is 4.39 Å². The molecule has 18 heavy (non-hydrogen) atoms. The Hall–Kier alpha value is -2.05. The van der Waals surface area contributed by atoms with E-state index in [-0.39, 0.29) is 5.82 Å². The van der Waals surface area contributed by atoms with Crippen LogP contribution >= 0.6 is 11.6 Å². The van der Waals surface area contributed by atoms with Crippen molar-refractivity contribution < 1.29 is 9.13 Å². The number of benzene rings is 2. The van der Waals surface area contributed by atoms with Gasteiger partial charge in [0.15, 0.2) is 0 Å². The Labute approximate surface area is 109 Å². The van der Waals surface area contributed by atoms with Gasteiger partial charge in [-0.1, -0.05) is 11.6 Å². The summed E-state index contributed by atoms with van der Waals surface area (Å²) in [6.45, 7) is 0. The third-order valence-corrected chi connectivity index (χ3v) is 2.73. The maximum absolute atomic E-state index is 13.8. The lowest BCUT2D eigenvalue weighted by atomic mass is 10.0. The molecular weight excluding hydrogens is 253 g/mol. The zero-order chi connectivity index (χ0) is 13.1. The minimum Gasteiger partial charge on any atom is -0.497 e. The Bertz CT molecular complexity index is 634. The Balaban J connectivity index is 2.61. The summed E-state index contributed by atoms with van der Waals surface area (Å²) >= 11 is 5.90. The molecule has 0 radical (unpaired) electrons. The SMILES string of the molecule is COc1ccc(F)c(-c2cc(Cl)cc(C#N)c2)c1. The van der Waals surface area contributed by atoms with Crippen molar-refractivity contribution in [3.63, 3.8) is 0 Å². The molecule has 0 aromatic heterocycles. The fraction of sp³-hybridized carbons (Fsp3) is 0.0714. The lowest BCUT2D eigenvalue weighted by Gasteiger charge is -2.07. The minimum atomic E-state index is -0.387. The Morgan fingerprint density at radius 1 is 1.22 bits per heavy atom. The molecule has 0 aliphatic heterocycles. The number of ether oxygens (including phenoxy) is 1. The predicted molar refractivity (Wildman–Crippen MR) is 68.1 cm³/mol. The molecule has 90 valence electrons. The Morgan fingerprint density at radius 2 is 2.00 bits per heavy atom. The van der Waals surface area contributed by atoms with Gasteiger partial charge in [-0.15, -0.1) is 0 Å². The van der Waals surface area contributed by atoms with Crippen molar-refractivity contribution in [3.8, 4) is 22.9 Å². The van der Waals surface area contributed by atoms with Crippen molar-refractivity contribution >= 4 is 11.6 Å². The number of nitriles is 1. The first kappa shape index (κ1) is 12.4. The summed E-state index contributed by atoms with van der Waals surface area (Å²) in [4.78, 5) is 0. The molecule has 0 saturated heterocycles. The molecule has 0 unspecified atom stereocenters. The largest absolute Gasteiger partial charge is 0.497 e. The van der Waals surface area contributed by atoms with Crippen molar-refractivity contribution in [2.75, 3.05) is 7.11 Å². The minimum absolute atomic E-state index is 0.355. The highest BCUT2D eigenvalue weighted by molar-refractivity contribution is 6.31. The molecule has 2 rings (SSSR count). The first-order chi connectivity index (χ1) is 8.63. The lowest BCUT2D eigenvalue weighted by molar-refractivity contribution is 0.414. The fourth-order valence-electron chi connectivity index (χ4n) is 1.66. The second-order valence-electron chi connectivity index (χ2n) is 3.69. The van der Waals surface area contributed by atoms with Crippen LogP contribution in [0.3, 0.4) is 0 Å². The molecule has 0 heterocycles. The number of hydrogen-bond acceptors (Lipinski definition) is 2. The van der Waals surface area contributed by atoms with Gasteiger partial charge in [-0.05, 0) is 42.0 Å². The maximum atomic E-state index is 13.8. The van der Waals surface area contributed by atoms with E-state index in [2.05, 4.69) is 0 Å². The molecule has 2 nitrogen and oxygen atoms in total. The third-order valence-electron chi connectivity index (χ3n) is 2.51. The molecule has 0 N–H and O–H groups in total. The molecular formula is C14H9ClFNO. The quantitative estimate of drug-likeness (QED) is 0.818. The van der Waals surface area contributed by atoms with E-state index in [9.17, 15) is 4.39 Å². The second kappa shape index (κ2) is 5.07. The summed E-state index contributed by atoms with van der Waals surface area (Å²) in [6.07, 6.45) is 0. The molecule has 0 atom stereocenters. The molecule has 0 saturated carbocycles. The smallest absolute Gasteiger partial charge is 0.131 e. The Kier molecular flexibility index (Phi) is 3.50. The second-order valence-corrected chi connectivity index (χ2v) is 4.12. The van der Waals surface area contributed by atoms with Crippen LogP contribution in [-0.2, 0) is 0 Å². The van der Waals surface area contributed by atoms with Gasteiger partial charge >= 0.3 is 0 Å². The van der Waals surface area contributed by atoms with Gasteiger partial charge in [0.25, 0.3) is 0 Å². The molecule has 0 bridgehead atoms. The van der Waals surface area contributed by atoms with Crippen molar-refractivity contribution in [1.29, 1.82) is 5.26 Å². The van der Waals surface area contributed by atoms with Gasteiger partial charge in [-0.3, -0.25) is 0 Å². The van der Waals surface area contributed by atoms with E-state index in [1.54, 1.807) is 18.2 Å². The number of methoxy groups -OCH3 is 1. The Morgan fingerprint density at radius 3 is 2.67 bits per heavy atom. The molecule has 0 amide bonds. The lowest BCUT2D eigenvalue weighted by Crippen LogP contribution is -1.89. The summed E-state index contributed by atoms with van der Waals surface area (Å²) < 4.78 is 18.8. The summed E-state index contributed by atoms with van der Waals surface area (Å²) in [7, 11) is 1.51. The van der Waals surface area contributed by atoms with Crippen LogP contribution in [0.15, 0.2) is 36.4 Å². The average molecular weight is 262 g/mol. The molecule has 4 heteroatoms. The van der Waals surface area contributed by atoms with E-state index in [0.29, 0.717) is 27.5 Å². The van der Waals surface area contributed by atoms with Crippen LogP contribution in [0, 0.1) is 17.1 Å². The van der Waals surface area contributed by atoms with Crippen LogP contribution in [-0.4, -0.2) is 7.11 Å². The predicted octanol–water partition coefficient (Wildman–Crippen LogP) is 4.03. The van der Waals surface area contributed by atoms with Gasteiger partial charge in [-0.2, -0.15) is 5.26 Å². The number of nitrogens with zero attached hydrogens (tertiary/aromatic N) is 1. The first-order valence-corrected chi connectivity index (χ1v) is 5.56. The van der Waals surface area contributed by atoms with Gasteiger partial charge < -0.3 is 4.74 Å². The molecule has 2 aromatic carbocycles. The highest BCUT2D eigenvalue weighted by atomic mass is 35.5. The number of rotatable bonds is 2. The summed E-state index contributed by atoms with van der Waals surface area (Å²) in [5, 5.41) is 9.27. The van der Waals surface area contributed by atoms with Crippen molar-refractivity contribution in [2.24, 2.45) is 0 Å². The van der Waals surface area contributed by atoms with Crippen molar-refractivity contribution in [3.05, 3.63) is 52.8 Å². The summed E-state index contributed by atoms with van der Waals surface area (Å²) in [5.41, 5.74) is 1.29. The highest BCUT2D eigenvalue weighted by Crippen LogP contribution is 2.29. The third kappa shape index (κ3) is 2.44. The van der Waals surface area contributed by atoms with E-state index in [0.717, 1.165) is 0 Å². The van der Waals surface area contributed by atoms with Gasteiger partial charge in [0.05, 0.1) is 18.7 Å². The molecule has 0 aliphatic carbocycles. The normalized spacial score (nSPS) is 9.89. The highest BCUT2D eigenvalue weighted by Gasteiger charge is 2.09. The van der Waals surface area contributed by atoms with E-state index < -0.39 is 0 Å². The number of hydrogen-bond donors (Lipinski definition) is 0. The van der Waals surface area contributed by atoms with Crippen molar-refractivity contribution in [1.82, 2.24) is 0 Å². The van der Waals surface area contributed by atoms with Gasteiger partial charge in [0.1, 0.15) is 11.6 Å². The topological polar surface area (TPSA) is 33.0 Å². The van der Waals surface area contributed by atoms with Crippen molar-refractivity contribution in [2.45, 2.75) is 0 Å². The summed E-state index contributed by atoms with van der Waals surface area (Å²) in [5.74, 6) is 0.159. The van der Waals surface area contributed by atoms with E-state index in [1.807, 2.05) is 6.07 Å². The first-order valence-electron chi connectivity index (χ1n) is 5.18. The van der Waals surface area contributed by atoms with Crippen LogP contribution < -0.4 is 4.74 Å². The molecule has 0 aliphatic rings. The van der Waals surface area contributed by atoms with Gasteiger partial charge in [0, 0.05) is 10.6 Å². The average Bonchev–Trinajstić information content (AvgIpc) is 2.38. The molecule has 0 fully saturated rings. The number of halogens is 2. The zero-order valence-electron chi connectivity index (χ0n) is 9.58. The fourth-order valence-corrected chi connectivity index (χ4v) is 1.90. The molecule has 0 spiro atoms. The van der Waals surface area contributed by atoms with Crippen LogP contribution in [0.4, 0.5) is 4.39 Å². The van der Waals surface area contributed by atoms with E-state index >= 15 is 0 Å². The van der Waals surface area contributed by atoms with E-state index in [4.69, 9.17) is 21.6 Å². The van der Waals surface area contributed by atoms with Crippen LogP contribution in [0.5, 0.6) is 5.75 Å².